The topological polar surface area (TPSA) is 71.8 Å². The van der Waals surface area contributed by atoms with E-state index in [9.17, 15) is 9.90 Å². The molecule has 0 saturated heterocycles. The quantitative estimate of drug-likeness (QED) is 0.427. The first kappa shape index (κ1) is 24.2. The summed E-state index contributed by atoms with van der Waals surface area (Å²) in [7, 11) is 0. The minimum atomic E-state index is -1.13. The largest absolute Gasteiger partial charge is 0.474 e. The van der Waals surface area contributed by atoms with Crippen molar-refractivity contribution < 1.29 is 14.6 Å². The van der Waals surface area contributed by atoms with Crippen LogP contribution in [0.1, 0.15) is 88.8 Å². The number of nitrogens with zero attached hydrogens (tertiary/aromatic N) is 2. The number of fused-ring (bicyclic) bond motifs is 1. The molecule has 186 valence electrons. The van der Waals surface area contributed by atoms with Crippen molar-refractivity contribution in [2.45, 2.75) is 95.7 Å². The first-order chi connectivity index (χ1) is 17.0. The van der Waals surface area contributed by atoms with Gasteiger partial charge in [0.1, 0.15) is 11.9 Å². The standard InChI is InChI=1S/C30H38N2O3/c1-30(34,23-9-3-2-4-10-23)20-25(33)12-6-11-24-19-22(21-7-5-8-21)13-16-28-27(31-24)17-18-29(32-28)35-26-14-15-26/h2-4,9-10,17-18,21-22,26,34H,5-8,11-16,19-20H2,1H3. The van der Waals surface area contributed by atoms with E-state index in [1.54, 1.807) is 6.92 Å². The van der Waals surface area contributed by atoms with E-state index in [1.807, 2.05) is 36.4 Å². The third-order valence-electron chi connectivity index (χ3n) is 7.94. The number of rotatable bonds is 10. The van der Waals surface area contributed by atoms with E-state index < -0.39 is 5.60 Å². The number of aliphatic imine (C=N–C) groups is 1. The van der Waals surface area contributed by atoms with E-state index in [0.29, 0.717) is 18.4 Å². The van der Waals surface area contributed by atoms with Gasteiger partial charge in [-0.1, -0.05) is 49.6 Å². The smallest absolute Gasteiger partial charge is 0.213 e. The Bertz CT molecular complexity index is 1050. The lowest BCUT2D eigenvalue weighted by atomic mass is 9.71. The van der Waals surface area contributed by atoms with Crippen LogP contribution in [-0.4, -0.2) is 27.7 Å². The number of carbonyl (C=O) groups excluding carboxylic acids is 1. The summed E-state index contributed by atoms with van der Waals surface area (Å²) in [5, 5.41) is 10.8. The Morgan fingerprint density at radius 1 is 1.06 bits per heavy atom. The molecule has 5 rings (SSSR count). The fourth-order valence-corrected chi connectivity index (χ4v) is 5.46. The van der Waals surface area contributed by atoms with E-state index in [0.717, 1.165) is 73.7 Å². The van der Waals surface area contributed by atoms with Gasteiger partial charge in [0, 0.05) is 24.6 Å². The fraction of sp³-hybridized carbons (Fsp3) is 0.567. The number of hydrogen-bond donors (Lipinski definition) is 1. The average molecular weight is 475 g/mol. The summed E-state index contributed by atoms with van der Waals surface area (Å²) < 4.78 is 5.94. The number of ketones is 1. The monoisotopic (exact) mass is 474 g/mol. The molecule has 0 bridgehead atoms. The molecule has 2 fully saturated rings. The van der Waals surface area contributed by atoms with Gasteiger partial charge in [0.25, 0.3) is 0 Å². The second kappa shape index (κ2) is 10.6. The Morgan fingerprint density at radius 3 is 2.57 bits per heavy atom. The molecule has 1 aromatic carbocycles. The molecule has 1 aromatic heterocycles. The molecule has 3 aliphatic rings. The van der Waals surface area contributed by atoms with Crippen molar-refractivity contribution in [3.05, 3.63) is 53.7 Å². The van der Waals surface area contributed by atoms with Gasteiger partial charge < -0.3 is 9.84 Å². The number of benzene rings is 1. The first-order valence-electron chi connectivity index (χ1n) is 13.5. The number of aryl methyl sites for hydroxylation is 1. The van der Waals surface area contributed by atoms with Crippen LogP contribution in [0.2, 0.25) is 0 Å². The maximum absolute atomic E-state index is 12.7. The van der Waals surface area contributed by atoms with Gasteiger partial charge in [-0.15, -0.1) is 0 Å². The highest BCUT2D eigenvalue weighted by molar-refractivity contribution is 5.88. The van der Waals surface area contributed by atoms with Gasteiger partial charge in [0.2, 0.25) is 5.88 Å². The van der Waals surface area contributed by atoms with Crippen molar-refractivity contribution in [3.8, 4) is 5.88 Å². The van der Waals surface area contributed by atoms with E-state index in [1.165, 1.54) is 25.0 Å². The van der Waals surface area contributed by atoms with Crippen LogP contribution < -0.4 is 4.74 Å². The maximum atomic E-state index is 12.7. The van der Waals surface area contributed by atoms with Crippen molar-refractivity contribution >= 4 is 17.2 Å². The van der Waals surface area contributed by atoms with Crippen molar-refractivity contribution in [3.63, 3.8) is 0 Å². The normalized spacial score (nSPS) is 22.1. The Kier molecular flexibility index (Phi) is 7.33. The van der Waals surface area contributed by atoms with E-state index in [2.05, 4.69) is 6.07 Å². The molecule has 5 nitrogen and oxygen atoms in total. The van der Waals surface area contributed by atoms with Gasteiger partial charge in [0.15, 0.2) is 0 Å². The molecule has 2 unspecified atom stereocenters. The number of hydrogen-bond acceptors (Lipinski definition) is 5. The zero-order valence-corrected chi connectivity index (χ0v) is 20.9. The predicted octanol–water partition coefficient (Wildman–Crippen LogP) is 6.49. The predicted molar refractivity (Wildman–Crippen MR) is 138 cm³/mol. The van der Waals surface area contributed by atoms with Gasteiger partial charge in [0.05, 0.1) is 17.0 Å². The molecule has 0 spiro atoms. The summed E-state index contributed by atoms with van der Waals surface area (Å²) >= 11 is 0. The number of ether oxygens (including phenoxy) is 1. The number of pyridine rings is 1. The molecule has 1 aliphatic heterocycles. The molecule has 1 N–H and O–H groups in total. The molecule has 35 heavy (non-hydrogen) atoms. The molecule has 0 radical (unpaired) electrons. The Balaban J connectivity index is 1.23. The van der Waals surface area contributed by atoms with Crippen LogP contribution in [0.5, 0.6) is 5.88 Å². The molecule has 2 atom stereocenters. The fourth-order valence-electron chi connectivity index (χ4n) is 5.46. The SMILES string of the molecule is CC(O)(CC(=O)CCCC1=Nc2ccc(OC3CC3)nc2CCC(C2CCC2)C1)c1ccccc1. The molecule has 5 heteroatoms. The summed E-state index contributed by atoms with van der Waals surface area (Å²) in [6.45, 7) is 1.73. The van der Waals surface area contributed by atoms with Crippen LogP contribution in [0.25, 0.3) is 0 Å². The van der Waals surface area contributed by atoms with E-state index in [4.69, 9.17) is 14.7 Å². The van der Waals surface area contributed by atoms with Gasteiger partial charge in [-0.05, 0) is 75.3 Å². The third kappa shape index (κ3) is 6.38. The molecular weight excluding hydrogens is 436 g/mol. The summed E-state index contributed by atoms with van der Waals surface area (Å²) in [6.07, 6.45) is 11.9. The lowest BCUT2D eigenvalue weighted by Crippen LogP contribution is -2.26. The Morgan fingerprint density at radius 2 is 1.86 bits per heavy atom. The van der Waals surface area contributed by atoms with Crippen LogP contribution in [0.15, 0.2) is 47.5 Å². The highest BCUT2D eigenvalue weighted by Crippen LogP contribution is 2.40. The maximum Gasteiger partial charge on any atom is 0.213 e. The van der Waals surface area contributed by atoms with Gasteiger partial charge >= 0.3 is 0 Å². The van der Waals surface area contributed by atoms with E-state index >= 15 is 0 Å². The molecular formula is C30H38N2O3. The van der Waals surface area contributed by atoms with Crippen LogP contribution in [0, 0.1) is 11.8 Å². The van der Waals surface area contributed by atoms with Crippen molar-refractivity contribution in [2.24, 2.45) is 16.8 Å². The third-order valence-corrected chi connectivity index (χ3v) is 7.94. The number of Topliss-reactive ketones (excluding diaryl/α,β-unsaturated/α-hetero) is 1. The minimum Gasteiger partial charge on any atom is -0.474 e. The van der Waals surface area contributed by atoms with Crippen molar-refractivity contribution in [2.75, 3.05) is 0 Å². The van der Waals surface area contributed by atoms with E-state index in [-0.39, 0.29) is 12.2 Å². The lowest BCUT2D eigenvalue weighted by molar-refractivity contribution is -0.123. The summed E-state index contributed by atoms with van der Waals surface area (Å²) in [5.74, 6) is 2.29. The Hall–Kier alpha value is -2.53. The van der Waals surface area contributed by atoms with Gasteiger partial charge in [-0.2, -0.15) is 0 Å². The van der Waals surface area contributed by atoms with Crippen LogP contribution in [0.4, 0.5) is 5.69 Å². The number of aromatic nitrogens is 1. The molecule has 2 aromatic rings. The molecule has 0 amide bonds. The van der Waals surface area contributed by atoms with Crippen LogP contribution in [-0.2, 0) is 16.8 Å². The first-order valence-corrected chi connectivity index (χ1v) is 13.5. The Labute approximate surface area is 209 Å². The van der Waals surface area contributed by atoms with Crippen LogP contribution in [0.3, 0.4) is 0 Å². The second-order valence-electron chi connectivity index (χ2n) is 11.0. The molecule has 2 heterocycles. The molecule has 2 aliphatic carbocycles. The highest BCUT2D eigenvalue weighted by Gasteiger charge is 2.30. The van der Waals surface area contributed by atoms with Gasteiger partial charge in [-0.25, -0.2) is 4.98 Å². The zero-order chi connectivity index (χ0) is 24.3. The summed E-state index contributed by atoms with van der Waals surface area (Å²) in [5.41, 5.74) is 2.88. The molecule has 2 saturated carbocycles. The van der Waals surface area contributed by atoms with Crippen molar-refractivity contribution in [1.82, 2.24) is 4.98 Å². The zero-order valence-electron chi connectivity index (χ0n) is 20.9. The van der Waals surface area contributed by atoms with Gasteiger partial charge in [-0.3, -0.25) is 9.79 Å². The van der Waals surface area contributed by atoms with Crippen LogP contribution >= 0.6 is 0 Å². The summed E-state index contributed by atoms with van der Waals surface area (Å²) in [6, 6.07) is 13.5. The minimum absolute atomic E-state index is 0.102. The number of carbonyl (C=O) groups is 1. The summed E-state index contributed by atoms with van der Waals surface area (Å²) in [4.78, 5) is 22.6. The number of aliphatic hydroxyl groups is 1. The second-order valence-corrected chi connectivity index (χ2v) is 11.0. The average Bonchev–Trinajstić information content (AvgIpc) is 3.60. The van der Waals surface area contributed by atoms with Crippen molar-refractivity contribution in [1.29, 1.82) is 0 Å². The lowest BCUT2D eigenvalue weighted by Gasteiger charge is -2.35. The highest BCUT2D eigenvalue weighted by atomic mass is 16.5.